The highest BCUT2D eigenvalue weighted by molar-refractivity contribution is 6.35. The van der Waals surface area contributed by atoms with Crippen LogP contribution in [0.15, 0.2) is 36.0 Å². The van der Waals surface area contributed by atoms with E-state index in [-0.39, 0.29) is 11.8 Å². The first-order valence-corrected chi connectivity index (χ1v) is 12.4. The van der Waals surface area contributed by atoms with Crippen LogP contribution in [0.2, 0.25) is 0 Å². The van der Waals surface area contributed by atoms with Gasteiger partial charge in [0, 0.05) is 19.6 Å². The van der Waals surface area contributed by atoms with E-state index in [1.807, 2.05) is 30.3 Å². The van der Waals surface area contributed by atoms with E-state index in [1.54, 1.807) is 0 Å². The average molecular weight is 425 g/mol. The molecule has 170 valence electrons. The molecule has 1 aromatic carbocycles. The van der Waals surface area contributed by atoms with Crippen LogP contribution < -0.4 is 0 Å². The first-order valence-electron chi connectivity index (χ1n) is 12.4. The minimum absolute atomic E-state index is 0.0897. The Hall–Kier alpha value is -2.10. The lowest BCUT2D eigenvalue weighted by Crippen LogP contribution is -2.42. The highest BCUT2D eigenvalue weighted by atomic mass is 16.2. The van der Waals surface area contributed by atoms with Gasteiger partial charge in [0.05, 0.1) is 5.57 Å². The van der Waals surface area contributed by atoms with Crippen LogP contribution in [0, 0.1) is 11.8 Å². The molecule has 0 spiro atoms. The lowest BCUT2D eigenvalue weighted by atomic mass is 9.91. The number of amides is 2. The van der Waals surface area contributed by atoms with Crippen molar-refractivity contribution < 1.29 is 9.59 Å². The molecule has 2 atom stereocenters. The molecule has 1 saturated heterocycles. The number of nitrogens with zero attached hydrogens (tertiary/aromatic N) is 2. The smallest absolute Gasteiger partial charge is 0.277 e. The number of imide groups is 1. The summed E-state index contributed by atoms with van der Waals surface area (Å²) in [5, 5.41) is 0. The van der Waals surface area contributed by atoms with Gasteiger partial charge < -0.3 is 4.90 Å². The summed E-state index contributed by atoms with van der Waals surface area (Å²) < 4.78 is 0. The standard InChI is InChI=1S/C27H40N2O2/c1-4-5-6-7-8-9-10-14-17-29-26(30)24(23-15-12-11-13-16-23)25(27(29)31)28-19-21(2)18-22(3)20-28/h11-13,15-16,21-22H,4-10,14,17-20H2,1-3H3. The van der Waals surface area contributed by atoms with Crippen molar-refractivity contribution in [2.45, 2.75) is 78.6 Å². The first kappa shape index (κ1) is 23.6. The predicted octanol–water partition coefficient (Wildman–Crippen LogP) is 5.89. The lowest BCUT2D eigenvalue weighted by molar-refractivity contribution is -0.137. The fraction of sp³-hybridized carbons (Fsp3) is 0.630. The highest BCUT2D eigenvalue weighted by Gasteiger charge is 2.42. The Bertz CT molecular complexity index is 761. The molecule has 0 saturated carbocycles. The summed E-state index contributed by atoms with van der Waals surface area (Å²) in [6.07, 6.45) is 10.8. The molecule has 2 aliphatic rings. The number of piperidine rings is 1. The van der Waals surface area contributed by atoms with Gasteiger partial charge in [-0.2, -0.15) is 0 Å². The maximum atomic E-state index is 13.5. The quantitative estimate of drug-likeness (QED) is 0.329. The van der Waals surface area contributed by atoms with Crippen LogP contribution in [-0.2, 0) is 9.59 Å². The summed E-state index contributed by atoms with van der Waals surface area (Å²) in [6, 6.07) is 9.75. The van der Waals surface area contributed by atoms with Gasteiger partial charge >= 0.3 is 0 Å². The Kier molecular flexibility index (Phi) is 8.74. The van der Waals surface area contributed by atoms with E-state index in [0.717, 1.165) is 31.5 Å². The second kappa shape index (κ2) is 11.5. The summed E-state index contributed by atoms with van der Waals surface area (Å²) in [5.41, 5.74) is 2.10. The SMILES string of the molecule is CCCCCCCCCCN1C(=O)C(c2ccccc2)=C(N2CC(C)CC(C)C2)C1=O. The molecule has 31 heavy (non-hydrogen) atoms. The van der Waals surface area contributed by atoms with Crippen LogP contribution in [0.5, 0.6) is 0 Å². The fourth-order valence-electron chi connectivity index (χ4n) is 5.17. The number of unbranched alkanes of at least 4 members (excludes halogenated alkanes) is 7. The zero-order chi connectivity index (χ0) is 22.2. The molecule has 2 amide bonds. The minimum Gasteiger partial charge on any atom is -0.366 e. The molecule has 1 fully saturated rings. The molecule has 0 N–H and O–H groups in total. The molecule has 0 radical (unpaired) electrons. The Morgan fingerprint density at radius 2 is 1.39 bits per heavy atom. The summed E-state index contributed by atoms with van der Waals surface area (Å²) in [5.74, 6) is 0.851. The van der Waals surface area contributed by atoms with Crippen molar-refractivity contribution in [1.29, 1.82) is 0 Å². The van der Waals surface area contributed by atoms with Crippen molar-refractivity contribution >= 4 is 17.4 Å². The topological polar surface area (TPSA) is 40.6 Å². The van der Waals surface area contributed by atoms with E-state index in [2.05, 4.69) is 25.7 Å². The van der Waals surface area contributed by atoms with E-state index in [4.69, 9.17) is 0 Å². The van der Waals surface area contributed by atoms with Crippen molar-refractivity contribution in [2.24, 2.45) is 11.8 Å². The van der Waals surface area contributed by atoms with E-state index in [9.17, 15) is 9.59 Å². The van der Waals surface area contributed by atoms with Gasteiger partial charge in [0.2, 0.25) is 0 Å². The normalized spacial score (nSPS) is 22.0. The second-order valence-corrected chi connectivity index (χ2v) is 9.68. The average Bonchev–Trinajstić information content (AvgIpc) is 3.00. The molecule has 4 heteroatoms. The van der Waals surface area contributed by atoms with E-state index in [0.29, 0.717) is 29.7 Å². The maximum Gasteiger partial charge on any atom is 0.277 e. The van der Waals surface area contributed by atoms with Gasteiger partial charge in [-0.15, -0.1) is 0 Å². The number of benzene rings is 1. The third kappa shape index (κ3) is 5.99. The molecule has 2 aliphatic heterocycles. The van der Waals surface area contributed by atoms with E-state index >= 15 is 0 Å². The largest absolute Gasteiger partial charge is 0.366 e. The van der Waals surface area contributed by atoms with Crippen LogP contribution in [-0.4, -0.2) is 41.2 Å². The number of carbonyl (C=O) groups excluding carboxylic acids is 2. The summed E-state index contributed by atoms with van der Waals surface area (Å²) >= 11 is 0. The molecule has 0 bridgehead atoms. The van der Waals surface area contributed by atoms with Gasteiger partial charge in [0.25, 0.3) is 11.8 Å². The Labute approximate surface area is 188 Å². The first-order chi connectivity index (χ1) is 15.0. The van der Waals surface area contributed by atoms with E-state index in [1.165, 1.54) is 49.8 Å². The second-order valence-electron chi connectivity index (χ2n) is 9.68. The van der Waals surface area contributed by atoms with Crippen LogP contribution in [0.1, 0.15) is 84.1 Å². The Morgan fingerprint density at radius 1 is 0.806 bits per heavy atom. The molecule has 0 aromatic heterocycles. The predicted molar refractivity (Wildman–Crippen MR) is 127 cm³/mol. The minimum atomic E-state index is -0.111. The van der Waals surface area contributed by atoms with Gasteiger partial charge in [-0.05, 0) is 30.2 Å². The van der Waals surface area contributed by atoms with Crippen LogP contribution in [0.25, 0.3) is 5.57 Å². The molecular formula is C27H40N2O2. The third-order valence-electron chi connectivity index (χ3n) is 6.63. The lowest BCUT2D eigenvalue weighted by Gasteiger charge is -2.37. The van der Waals surface area contributed by atoms with Gasteiger partial charge in [-0.3, -0.25) is 14.5 Å². The van der Waals surface area contributed by atoms with E-state index < -0.39 is 0 Å². The fourth-order valence-corrected chi connectivity index (χ4v) is 5.17. The van der Waals surface area contributed by atoms with Gasteiger partial charge in [-0.25, -0.2) is 0 Å². The highest BCUT2D eigenvalue weighted by Crippen LogP contribution is 2.35. The zero-order valence-electron chi connectivity index (χ0n) is 19.7. The summed E-state index contributed by atoms with van der Waals surface area (Å²) in [6.45, 7) is 8.95. The van der Waals surface area contributed by atoms with Gasteiger partial charge in [-0.1, -0.05) is 96.0 Å². The summed E-state index contributed by atoms with van der Waals surface area (Å²) in [7, 11) is 0. The molecule has 2 heterocycles. The number of hydrogen-bond donors (Lipinski definition) is 0. The zero-order valence-corrected chi connectivity index (χ0v) is 19.7. The van der Waals surface area contributed by atoms with Crippen molar-refractivity contribution in [3.05, 3.63) is 41.6 Å². The number of hydrogen-bond acceptors (Lipinski definition) is 3. The molecule has 1 aromatic rings. The number of carbonyl (C=O) groups is 2. The molecule has 3 rings (SSSR count). The molecular weight excluding hydrogens is 384 g/mol. The molecule has 0 aliphatic carbocycles. The monoisotopic (exact) mass is 424 g/mol. The summed E-state index contributed by atoms with van der Waals surface area (Å²) in [4.78, 5) is 30.5. The van der Waals surface area contributed by atoms with Crippen molar-refractivity contribution in [3.8, 4) is 0 Å². The molecule has 2 unspecified atom stereocenters. The third-order valence-corrected chi connectivity index (χ3v) is 6.63. The van der Waals surface area contributed by atoms with Crippen LogP contribution in [0.4, 0.5) is 0 Å². The number of rotatable bonds is 11. The Morgan fingerprint density at radius 3 is 2.00 bits per heavy atom. The van der Waals surface area contributed by atoms with Crippen molar-refractivity contribution in [2.75, 3.05) is 19.6 Å². The van der Waals surface area contributed by atoms with Gasteiger partial charge in [0.1, 0.15) is 5.70 Å². The number of likely N-dealkylation sites (tertiary alicyclic amines) is 1. The molecule has 4 nitrogen and oxygen atoms in total. The van der Waals surface area contributed by atoms with Crippen LogP contribution in [0.3, 0.4) is 0 Å². The van der Waals surface area contributed by atoms with Gasteiger partial charge in [0.15, 0.2) is 0 Å². The van der Waals surface area contributed by atoms with Crippen molar-refractivity contribution in [3.63, 3.8) is 0 Å². The van der Waals surface area contributed by atoms with Crippen molar-refractivity contribution in [1.82, 2.24) is 9.80 Å². The van der Waals surface area contributed by atoms with Crippen LogP contribution >= 0.6 is 0 Å². The Balaban J connectivity index is 1.68. The maximum absolute atomic E-state index is 13.5.